The lowest BCUT2D eigenvalue weighted by Crippen LogP contribution is -2.19. The summed E-state index contributed by atoms with van der Waals surface area (Å²) in [6, 6.07) is 7.94. The molecule has 4 nitrogen and oxygen atoms in total. The van der Waals surface area contributed by atoms with Crippen molar-refractivity contribution in [3.63, 3.8) is 0 Å². The molecule has 0 fully saturated rings. The Morgan fingerprint density at radius 2 is 2.28 bits per heavy atom. The molecular formula is C13H16BrN3O. The van der Waals surface area contributed by atoms with Crippen LogP contribution in [0.1, 0.15) is 32.2 Å². The van der Waals surface area contributed by atoms with Gasteiger partial charge in [0.15, 0.2) is 0 Å². The van der Waals surface area contributed by atoms with Gasteiger partial charge in [-0.3, -0.25) is 0 Å². The predicted molar refractivity (Wildman–Crippen MR) is 74.1 cm³/mol. The Balaban J connectivity index is 2.15. The fourth-order valence-corrected chi connectivity index (χ4v) is 2.00. The lowest BCUT2D eigenvalue weighted by atomic mass is 10.2. The van der Waals surface area contributed by atoms with Crippen molar-refractivity contribution in [3.05, 3.63) is 34.6 Å². The van der Waals surface area contributed by atoms with Gasteiger partial charge in [0.1, 0.15) is 0 Å². The Kier molecular flexibility index (Phi) is 4.49. The first-order valence-electron chi connectivity index (χ1n) is 6.03. The zero-order valence-electron chi connectivity index (χ0n) is 10.5. The number of nitrogens with one attached hydrogen (secondary N) is 1. The van der Waals surface area contributed by atoms with Crippen LogP contribution in [0.15, 0.2) is 33.3 Å². The van der Waals surface area contributed by atoms with Gasteiger partial charge in [0.25, 0.3) is 0 Å². The summed E-state index contributed by atoms with van der Waals surface area (Å²) in [7, 11) is 0. The maximum Gasteiger partial charge on any atom is 0.243 e. The largest absolute Gasteiger partial charge is 0.337 e. The highest BCUT2D eigenvalue weighted by Crippen LogP contribution is 2.21. The van der Waals surface area contributed by atoms with Gasteiger partial charge < -0.3 is 9.84 Å². The Bertz CT molecular complexity index is 512. The number of hydrogen-bond acceptors (Lipinski definition) is 4. The monoisotopic (exact) mass is 309 g/mol. The Morgan fingerprint density at radius 3 is 3.00 bits per heavy atom. The summed E-state index contributed by atoms with van der Waals surface area (Å²) >= 11 is 3.43. The van der Waals surface area contributed by atoms with Crippen LogP contribution < -0.4 is 5.32 Å². The topological polar surface area (TPSA) is 51.0 Å². The fraction of sp³-hybridized carbons (Fsp3) is 0.385. The molecule has 1 atom stereocenters. The van der Waals surface area contributed by atoms with Crippen molar-refractivity contribution in [3.8, 4) is 11.4 Å². The van der Waals surface area contributed by atoms with Crippen LogP contribution >= 0.6 is 15.9 Å². The van der Waals surface area contributed by atoms with Gasteiger partial charge in [-0.15, -0.1) is 0 Å². The highest BCUT2D eigenvalue weighted by molar-refractivity contribution is 9.10. The molecule has 0 spiro atoms. The van der Waals surface area contributed by atoms with Crippen LogP contribution in [0.5, 0.6) is 0 Å². The molecule has 1 N–H and O–H groups in total. The highest BCUT2D eigenvalue weighted by Gasteiger charge is 2.14. The zero-order chi connectivity index (χ0) is 13.0. The smallest absolute Gasteiger partial charge is 0.243 e. The summed E-state index contributed by atoms with van der Waals surface area (Å²) in [5.41, 5.74) is 0.946. The van der Waals surface area contributed by atoms with Crippen LogP contribution in [-0.4, -0.2) is 16.7 Å². The number of halogens is 1. The average Bonchev–Trinajstić information content (AvgIpc) is 2.85. The van der Waals surface area contributed by atoms with Crippen molar-refractivity contribution in [1.29, 1.82) is 0 Å². The Labute approximate surface area is 115 Å². The first kappa shape index (κ1) is 13.2. The molecule has 5 heteroatoms. The summed E-state index contributed by atoms with van der Waals surface area (Å²) in [5.74, 6) is 1.25. The average molecular weight is 310 g/mol. The van der Waals surface area contributed by atoms with Crippen molar-refractivity contribution < 1.29 is 4.52 Å². The number of benzene rings is 1. The van der Waals surface area contributed by atoms with Gasteiger partial charge in [-0.1, -0.05) is 40.1 Å². The first-order valence-corrected chi connectivity index (χ1v) is 6.83. The molecule has 2 aromatic rings. The van der Waals surface area contributed by atoms with Gasteiger partial charge in [0.2, 0.25) is 11.7 Å². The molecule has 0 aliphatic rings. The minimum Gasteiger partial charge on any atom is -0.337 e. The summed E-state index contributed by atoms with van der Waals surface area (Å²) in [6.07, 6.45) is 1.08. The fourth-order valence-electron chi connectivity index (χ4n) is 1.60. The summed E-state index contributed by atoms with van der Waals surface area (Å²) in [6.45, 7) is 5.09. The third kappa shape index (κ3) is 3.17. The third-order valence-electron chi connectivity index (χ3n) is 2.60. The Morgan fingerprint density at radius 1 is 1.44 bits per heavy atom. The van der Waals surface area contributed by atoms with Crippen LogP contribution in [0, 0.1) is 0 Å². The molecule has 0 aliphatic carbocycles. The maximum atomic E-state index is 5.28. The van der Waals surface area contributed by atoms with Gasteiger partial charge in [-0.05, 0) is 32.0 Å². The van der Waals surface area contributed by atoms with E-state index in [9.17, 15) is 0 Å². The van der Waals surface area contributed by atoms with Gasteiger partial charge in [0.05, 0.1) is 6.04 Å². The number of rotatable bonds is 5. The molecule has 0 amide bonds. The van der Waals surface area contributed by atoms with Crippen molar-refractivity contribution in [2.24, 2.45) is 0 Å². The van der Waals surface area contributed by atoms with E-state index in [0.717, 1.165) is 23.0 Å². The molecule has 1 aromatic heterocycles. The lowest BCUT2D eigenvalue weighted by molar-refractivity contribution is 0.340. The van der Waals surface area contributed by atoms with E-state index in [2.05, 4.69) is 38.3 Å². The molecule has 1 aromatic carbocycles. The van der Waals surface area contributed by atoms with Gasteiger partial charge >= 0.3 is 0 Å². The molecule has 1 unspecified atom stereocenters. The van der Waals surface area contributed by atoms with Crippen LogP contribution in [0.2, 0.25) is 0 Å². The molecule has 0 aliphatic heterocycles. The molecular weight excluding hydrogens is 294 g/mol. The molecule has 18 heavy (non-hydrogen) atoms. The maximum absolute atomic E-state index is 5.28. The second-order valence-corrected chi connectivity index (χ2v) is 5.06. The summed E-state index contributed by atoms with van der Waals surface area (Å²) in [5, 5.41) is 7.33. The second-order valence-electron chi connectivity index (χ2n) is 4.14. The highest BCUT2D eigenvalue weighted by atomic mass is 79.9. The van der Waals surface area contributed by atoms with Crippen LogP contribution in [0.4, 0.5) is 0 Å². The minimum absolute atomic E-state index is 0.0818. The van der Waals surface area contributed by atoms with E-state index in [1.54, 1.807) is 0 Å². The van der Waals surface area contributed by atoms with E-state index in [1.165, 1.54) is 0 Å². The van der Waals surface area contributed by atoms with Crippen LogP contribution in [0.3, 0.4) is 0 Å². The molecule has 96 valence electrons. The van der Waals surface area contributed by atoms with E-state index in [1.807, 2.05) is 31.2 Å². The number of hydrogen-bond donors (Lipinski definition) is 1. The van der Waals surface area contributed by atoms with Crippen molar-refractivity contribution in [1.82, 2.24) is 15.5 Å². The molecule has 1 heterocycles. The van der Waals surface area contributed by atoms with Crippen molar-refractivity contribution in [2.45, 2.75) is 26.3 Å². The van der Waals surface area contributed by atoms with E-state index < -0.39 is 0 Å². The first-order chi connectivity index (χ1) is 8.70. The second kappa shape index (κ2) is 6.11. The quantitative estimate of drug-likeness (QED) is 0.917. The third-order valence-corrected chi connectivity index (χ3v) is 3.09. The molecule has 0 bridgehead atoms. The van der Waals surface area contributed by atoms with E-state index in [0.29, 0.717) is 11.7 Å². The van der Waals surface area contributed by atoms with E-state index in [4.69, 9.17) is 4.52 Å². The van der Waals surface area contributed by atoms with Gasteiger partial charge in [-0.25, -0.2) is 0 Å². The van der Waals surface area contributed by atoms with Gasteiger partial charge in [0, 0.05) is 10.0 Å². The lowest BCUT2D eigenvalue weighted by Gasteiger charge is -2.06. The SMILES string of the molecule is CCCNC(C)c1nc(-c2cccc(Br)c2)no1. The van der Waals surface area contributed by atoms with Crippen LogP contribution in [-0.2, 0) is 0 Å². The van der Waals surface area contributed by atoms with Crippen molar-refractivity contribution in [2.75, 3.05) is 6.54 Å². The zero-order valence-corrected chi connectivity index (χ0v) is 12.1. The van der Waals surface area contributed by atoms with Crippen molar-refractivity contribution >= 4 is 15.9 Å². The summed E-state index contributed by atoms with van der Waals surface area (Å²) in [4.78, 5) is 4.41. The summed E-state index contributed by atoms with van der Waals surface area (Å²) < 4.78 is 6.28. The normalized spacial score (nSPS) is 12.6. The number of aromatic nitrogens is 2. The van der Waals surface area contributed by atoms with E-state index >= 15 is 0 Å². The molecule has 0 saturated heterocycles. The molecule has 2 rings (SSSR count). The number of nitrogens with zero attached hydrogens (tertiary/aromatic N) is 2. The molecule has 0 saturated carbocycles. The standard InChI is InChI=1S/C13H16BrN3O/c1-3-7-15-9(2)13-16-12(17-18-13)10-5-4-6-11(14)8-10/h4-6,8-9,15H,3,7H2,1-2H3. The predicted octanol–water partition coefficient (Wildman–Crippen LogP) is 3.56. The molecule has 0 radical (unpaired) electrons. The Hall–Kier alpha value is -1.20. The van der Waals surface area contributed by atoms with Gasteiger partial charge in [-0.2, -0.15) is 4.98 Å². The minimum atomic E-state index is 0.0818. The van der Waals surface area contributed by atoms with E-state index in [-0.39, 0.29) is 6.04 Å². The van der Waals surface area contributed by atoms with Crippen LogP contribution in [0.25, 0.3) is 11.4 Å².